The maximum Gasteiger partial charge on any atom is 0.133 e. The minimum atomic E-state index is 0.554. The van der Waals surface area contributed by atoms with Gasteiger partial charge in [-0.1, -0.05) is 19.9 Å². The molecule has 18 heavy (non-hydrogen) atoms. The lowest BCUT2D eigenvalue weighted by atomic mass is 10.0. The fraction of sp³-hybridized carbons (Fsp3) is 0.600. The molecule has 1 saturated heterocycles. The lowest BCUT2D eigenvalue weighted by Gasteiger charge is -2.23. The van der Waals surface area contributed by atoms with Crippen molar-refractivity contribution in [2.75, 3.05) is 19.7 Å². The largest absolute Gasteiger partial charge is 0.492 e. The Balaban J connectivity index is 1.92. The van der Waals surface area contributed by atoms with Gasteiger partial charge in [-0.25, -0.2) is 0 Å². The molecule has 1 atom stereocenters. The van der Waals surface area contributed by atoms with Gasteiger partial charge in [0.15, 0.2) is 0 Å². The molecule has 1 aromatic rings. The van der Waals surface area contributed by atoms with Crippen LogP contribution in [0.3, 0.4) is 0 Å². The molecule has 100 valence electrons. The Kier molecular flexibility index (Phi) is 5.07. The summed E-state index contributed by atoms with van der Waals surface area (Å²) < 4.78 is 6.99. The summed E-state index contributed by atoms with van der Waals surface area (Å²) in [5, 5.41) is 3.42. The summed E-state index contributed by atoms with van der Waals surface area (Å²) >= 11 is 3.60. The van der Waals surface area contributed by atoms with Crippen molar-refractivity contribution in [2.45, 2.75) is 32.6 Å². The van der Waals surface area contributed by atoms with Crippen LogP contribution in [-0.4, -0.2) is 19.7 Å². The number of rotatable bonds is 4. The summed E-state index contributed by atoms with van der Waals surface area (Å²) in [5.41, 5.74) is 1.34. The Bertz CT molecular complexity index is 386. The smallest absolute Gasteiger partial charge is 0.133 e. The molecule has 0 spiro atoms. The predicted molar refractivity (Wildman–Crippen MR) is 79.3 cm³/mol. The van der Waals surface area contributed by atoms with Crippen LogP contribution in [-0.2, 0) is 0 Å². The van der Waals surface area contributed by atoms with Crippen molar-refractivity contribution < 1.29 is 4.74 Å². The third-order valence-corrected chi connectivity index (χ3v) is 4.12. The maximum absolute atomic E-state index is 5.92. The molecule has 3 heteroatoms. The number of halogens is 1. The highest BCUT2D eigenvalue weighted by Crippen LogP contribution is 2.29. The summed E-state index contributed by atoms with van der Waals surface area (Å²) in [5.74, 6) is 2.17. The number of hydrogen-bond donors (Lipinski definition) is 1. The van der Waals surface area contributed by atoms with Crippen molar-refractivity contribution in [3.05, 3.63) is 28.2 Å². The van der Waals surface area contributed by atoms with Crippen LogP contribution in [0.4, 0.5) is 0 Å². The fourth-order valence-corrected chi connectivity index (χ4v) is 2.78. The molecular weight excluding hydrogens is 290 g/mol. The molecule has 2 nitrogen and oxygen atoms in total. The highest BCUT2D eigenvalue weighted by Gasteiger charge is 2.14. The number of ether oxygens (including phenoxy) is 1. The normalized spacial score (nSPS) is 20.1. The highest BCUT2D eigenvalue weighted by atomic mass is 79.9. The van der Waals surface area contributed by atoms with E-state index in [1.807, 2.05) is 0 Å². The molecule has 0 unspecified atom stereocenters. The van der Waals surface area contributed by atoms with Crippen LogP contribution >= 0.6 is 15.9 Å². The molecule has 1 aliphatic rings. The standard InChI is InChI=1S/C15H22BrNO/c1-11(2)13-5-6-15(14(16)8-13)18-10-12-4-3-7-17-9-12/h5-6,8,11-12,17H,3-4,7,9-10H2,1-2H3/t12-/m0/s1. The van der Waals surface area contributed by atoms with E-state index in [0.717, 1.165) is 29.9 Å². The quantitative estimate of drug-likeness (QED) is 0.909. The van der Waals surface area contributed by atoms with E-state index >= 15 is 0 Å². The third kappa shape index (κ3) is 3.72. The molecule has 0 amide bonds. The predicted octanol–water partition coefficient (Wildman–Crippen LogP) is 3.95. The molecule has 1 heterocycles. The SMILES string of the molecule is CC(C)c1ccc(OC[C@H]2CCCNC2)c(Br)c1. The summed E-state index contributed by atoms with van der Waals surface area (Å²) in [6.07, 6.45) is 2.54. The molecule has 0 bridgehead atoms. The summed E-state index contributed by atoms with van der Waals surface area (Å²) in [6.45, 7) is 7.46. The van der Waals surface area contributed by atoms with E-state index < -0.39 is 0 Å². The van der Waals surface area contributed by atoms with Gasteiger partial charge in [-0.3, -0.25) is 0 Å². The van der Waals surface area contributed by atoms with Crippen LogP contribution in [0.1, 0.15) is 38.2 Å². The van der Waals surface area contributed by atoms with Crippen LogP contribution in [0.5, 0.6) is 5.75 Å². The number of benzene rings is 1. The second-order valence-corrected chi connectivity index (χ2v) is 6.22. The van der Waals surface area contributed by atoms with Crippen molar-refractivity contribution in [2.24, 2.45) is 5.92 Å². The average Bonchev–Trinajstić information content (AvgIpc) is 2.38. The van der Waals surface area contributed by atoms with E-state index in [2.05, 4.69) is 53.3 Å². The summed E-state index contributed by atoms with van der Waals surface area (Å²) in [7, 11) is 0. The Morgan fingerprint density at radius 2 is 2.28 bits per heavy atom. The monoisotopic (exact) mass is 311 g/mol. The van der Waals surface area contributed by atoms with Gasteiger partial charge in [-0.2, -0.15) is 0 Å². The first-order chi connectivity index (χ1) is 8.66. The zero-order chi connectivity index (χ0) is 13.0. The zero-order valence-electron chi connectivity index (χ0n) is 11.2. The number of hydrogen-bond acceptors (Lipinski definition) is 2. The van der Waals surface area contributed by atoms with E-state index in [1.165, 1.54) is 18.4 Å². The first-order valence-corrected chi connectivity index (χ1v) is 7.59. The highest BCUT2D eigenvalue weighted by molar-refractivity contribution is 9.10. The second-order valence-electron chi connectivity index (χ2n) is 5.37. The van der Waals surface area contributed by atoms with Gasteiger partial charge in [0.05, 0.1) is 11.1 Å². The first-order valence-electron chi connectivity index (χ1n) is 6.80. The molecule has 1 fully saturated rings. The molecule has 1 aromatic carbocycles. The van der Waals surface area contributed by atoms with Gasteiger partial charge in [0.25, 0.3) is 0 Å². The van der Waals surface area contributed by atoms with Crippen molar-refractivity contribution in [3.8, 4) is 5.75 Å². The van der Waals surface area contributed by atoms with Gasteiger partial charge in [-0.05, 0) is 58.9 Å². The van der Waals surface area contributed by atoms with Gasteiger partial charge >= 0.3 is 0 Å². The van der Waals surface area contributed by atoms with Crippen LogP contribution < -0.4 is 10.1 Å². The fourth-order valence-electron chi connectivity index (χ4n) is 2.27. The summed E-state index contributed by atoms with van der Waals surface area (Å²) in [4.78, 5) is 0. The van der Waals surface area contributed by atoms with Crippen LogP contribution in [0.25, 0.3) is 0 Å². The van der Waals surface area contributed by atoms with Gasteiger partial charge in [-0.15, -0.1) is 0 Å². The van der Waals surface area contributed by atoms with Crippen LogP contribution in [0.2, 0.25) is 0 Å². The van der Waals surface area contributed by atoms with Crippen molar-refractivity contribution in [1.82, 2.24) is 5.32 Å². The van der Waals surface area contributed by atoms with Crippen LogP contribution in [0.15, 0.2) is 22.7 Å². The first kappa shape index (κ1) is 13.9. The van der Waals surface area contributed by atoms with Gasteiger partial charge in [0, 0.05) is 12.5 Å². The molecular formula is C15H22BrNO. The van der Waals surface area contributed by atoms with E-state index in [1.54, 1.807) is 0 Å². The van der Waals surface area contributed by atoms with E-state index in [-0.39, 0.29) is 0 Å². The molecule has 2 rings (SSSR count). The zero-order valence-corrected chi connectivity index (χ0v) is 12.8. The maximum atomic E-state index is 5.92. The second kappa shape index (κ2) is 6.58. The minimum Gasteiger partial charge on any atom is -0.492 e. The third-order valence-electron chi connectivity index (χ3n) is 3.50. The Hall–Kier alpha value is -0.540. The Labute approximate surface area is 118 Å². The summed E-state index contributed by atoms with van der Waals surface area (Å²) in [6, 6.07) is 6.40. The van der Waals surface area contributed by atoms with Gasteiger partial charge in [0.2, 0.25) is 0 Å². The number of piperidine rings is 1. The molecule has 0 radical (unpaired) electrons. The lowest BCUT2D eigenvalue weighted by molar-refractivity contribution is 0.217. The van der Waals surface area contributed by atoms with Crippen molar-refractivity contribution >= 4 is 15.9 Å². The lowest BCUT2D eigenvalue weighted by Crippen LogP contribution is -2.33. The minimum absolute atomic E-state index is 0.554. The van der Waals surface area contributed by atoms with Gasteiger partial charge < -0.3 is 10.1 Å². The molecule has 0 aliphatic carbocycles. The molecule has 1 aliphatic heterocycles. The molecule has 1 N–H and O–H groups in total. The van der Waals surface area contributed by atoms with E-state index in [9.17, 15) is 0 Å². The molecule has 0 aromatic heterocycles. The van der Waals surface area contributed by atoms with Crippen molar-refractivity contribution in [1.29, 1.82) is 0 Å². The Morgan fingerprint density at radius 1 is 1.44 bits per heavy atom. The number of nitrogens with one attached hydrogen (secondary N) is 1. The average molecular weight is 312 g/mol. The van der Waals surface area contributed by atoms with Crippen LogP contribution in [0, 0.1) is 5.92 Å². The molecule has 0 saturated carbocycles. The van der Waals surface area contributed by atoms with E-state index in [4.69, 9.17) is 4.74 Å². The van der Waals surface area contributed by atoms with E-state index in [0.29, 0.717) is 11.8 Å². The Morgan fingerprint density at radius 3 is 2.89 bits per heavy atom. The van der Waals surface area contributed by atoms with Gasteiger partial charge in [0.1, 0.15) is 5.75 Å². The topological polar surface area (TPSA) is 21.3 Å². The van der Waals surface area contributed by atoms with Crippen molar-refractivity contribution in [3.63, 3.8) is 0 Å².